The normalized spacial score (nSPS) is 31.1. The van der Waals surface area contributed by atoms with Gasteiger partial charge in [0.05, 0.1) is 23.0 Å². The van der Waals surface area contributed by atoms with Gasteiger partial charge >= 0.3 is 0 Å². The Kier molecular flexibility index (Phi) is 4.43. The lowest BCUT2D eigenvalue weighted by Gasteiger charge is -2.37. The minimum atomic E-state index is -0.446. The average molecular weight is 443 g/mol. The van der Waals surface area contributed by atoms with Crippen LogP contribution in [0.15, 0.2) is 65.8 Å². The second-order valence-corrected chi connectivity index (χ2v) is 9.14. The van der Waals surface area contributed by atoms with Crippen molar-refractivity contribution in [3.63, 3.8) is 0 Å². The van der Waals surface area contributed by atoms with Crippen LogP contribution in [0.4, 0.5) is 5.69 Å². The van der Waals surface area contributed by atoms with Gasteiger partial charge in [0.25, 0.3) is 17.5 Å². The summed E-state index contributed by atoms with van der Waals surface area (Å²) in [6.07, 6.45) is 6.90. The van der Waals surface area contributed by atoms with Gasteiger partial charge in [-0.15, -0.1) is 0 Å². The predicted molar refractivity (Wildman–Crippen MR) is 118 cm³/mol. The number of hydrogen-bond acceptors (Lipinski definition) is 6. The molecule has 2 amide bonds. The van der Waals surface area contributed by atoms with E-state index in [1.54, 1.807) is 24.3 Å². The van der Waals surface area contributed by atoms with Crippen LogP contribution in [0.5, 0.6) is 5.75 Å². The van der Waals surface area contributed by atoms with Crippen molar-refractivity contribution in [2.45, 2.75) is 13.0 Å². The Morgan fingerprint density at radius 2 is 1.64 bits per heavy atom. The second-order valence-electron chi connectivity index (χ2n) is 9.14. The van der Waals surface area contributed by atoms with E-state index in [2.05, 4.69) is 17.3 Å². The van der Waals surface area contributed by atoms with Gasteiger partial charge in [-0.05, 0) is 59.9 Å². The SMILES string of the molecule is O=C1[C@@H]2[C@H]3C=C[C@@H]([C@@H]4C[C@H]34)[C@@H]2C(=O)N1/N=C\c1ccccc1OCc1ccc([N+](=O)[O-])cc1. The zero-order valence-corrected chi connectivity index (χ0v) is 17.6. The van der Waals surface area contributed by atoms with Gasteiger partial charge in [-0.25, -0.2) is 0 Å². The molecular weight excluding hydrogens is 422 g/mol. The number of imide groups is 1. The average Bonchev–Trinajstić information content (AvgIpc) is 3.61. The smallest absolute Gasteiger partial charge is 0.269 e. The molecule has 0 unspecified atom stereocenters. The monoisotopic (exact) mass is 443 g/mol. The van der Waals surface area contributed by atoms with Gasteiger partial charge in [0, 0.05) is 17.7 Å². The third-order valence-corrected chi connectivity index (χ3v) is 7.41. The van der Waals surface area contributed by atoms with E-state index in [0.29, 0.717) is 23.1 Å². The minimum Gasteiger partial charge on any atom is -0.488 e. The first-order chi connectivity index (χ1) is 16.0. The van der Waals surface area contributed by atoms with Crippen LogP contribution in [0.1, 0.15) is 17.5 Å². The Labute approximate surface area is 189 Å². The molecule has 1 heterocycles. The van der Waals surface area contributed by atoms with E-state index in [4.69, 9.17) is 4.74 Å². The summed E-state index contributed by atoms with van der Waals surface area (Å²) in [5.41, 5.74) is 1.44. The summed E-state index contributed by atoms with van der Waals surface area (Å²) in [7, 11) is 0. The highest BCUT2D eigenvalue weighted by Gasteiger charge is 2.67. The highest BCUT2D eigenvalue weighted by atomic mass is 16.6. The van der Waals surface area contributed by atoms with Crippen LogP contribution >= 0.6 is 0 Å². The molecule has 4 aliphatic carbocycles. The Bertz CT molecular complexity index is 1180. The molecule has 0 radical (unpaired) electrons. The lowest BCUT2D eigenvalue weighted by molar-refractivity contribution is -0.384. The number of para-hydroxylation sites is 1. The molecule has 7 rings (SSSR count). The van der Waals surface area contributed by atoms with Crippen molar-refractivity contribution in [1.82, 2.24) is 5.01 Å². The highest BCUT2D eigenvalue weighted by molar-refractivity contribution is 6.06. The molecular formula is C25H21N3O5. The van der Waals surface area contributed by atoms with Crippen molar-refractivity contribution >= 4 is 23.7 Å². The molecule has 8 heteroatoms. The number of nitro benzene ring substituents is 1. The van der Waals surface area contributed by atoms with Crippen LogP contribution < -0.4 is 4.74 Å². The molecule has 1 saturated heterocycles. The van der Waals surface area contributed by atoms with Gasteiger partial charge in [-0.2, -0.15) is 10.1 Å². The summed E-state index contributed by atoms with van der Waals surface area (Å²) in [5, 5.41) is 16.2. The molecule has 0 aromatic heterocycles. The third-order valence-electron chi connectivity index (χ3n) is 7.41. The molecule has 2 aromatic carbocycles. The van der Waals surface area contributed by atoms with Gasteiger partial charge < -0.3 is 4.74 Å². The first-order valence-corrected chi connectivity index (χ1v) is 11.1. The summed E-state index contributed by atoms with van der Waals surface area (Å²) in [4.78, 5) is 36.5. The summed E-state index contributed by atoms with van der Waals surface area (Å²) in [6.45, 7) is 0.215. The third kappa shape index (κ3) is 3.16. The number of benzene rings is 2. The molecule has 166 valence electrons. The van der Waals surface area contributed by atoms with Crippen molar-refractivity contribution in [2.24, 2.45) is 40.6 Å². The highest BCUT2D eigenvalue weighted by Crippen LogP contribution is 2.65. The maximum Gasteiger partial charge on any atom is 0.269 e. The summed E-state index contributed by atoms with van der Waals surface area (Å²) in [5.74, 6) is 1.03. The molecule has 8 nitrogen and oxygen atoms in total. The Balaban J connectivity index is 1.18. The number of hydrazone groups is 1. The lowest BCUT2D eigenvalue weighted by Crippen LogP contribution is -2.40. The maximum absolute atomic E-state index is 13.1. The van der Waals surface area contributed by atoms with Crippen molar-refractivity contribution in [2.75, 3.05) is 0 Å². The van der Waals surface area contributed by atoms with E-state index in [9.17, 15) is 19.7 Å². The molecule has 3 fully saturated rings. The van der Waals surface area contributed by atoms with Crippen LogP contribution in [0.3, 0.4) is 0 Å². The summed E-state index contributed by atoms with van der Waals surface area (Å²) in [6, 6.07) is 13.4. The number of nitro groups is 1. The largest absolute Gasteiger partial charge is 0.488 e. The molecule has 33 heavy (non-hydrogen) atoms. The number of hydrogen-bond donors (Lipinski definition) is 0. The van der Waals surface area contributed by atoms with E-state index in [1.807, 2.05) is 12.1 Å². The molecule has 0 N–H and O–H groups in total. The first kappa shape index (κ1) is 19.8. The fourth-order valence-corrected chi connectivity index (χ4v) is 5.77. The quantitative estimate of drug-likeness (QED) is 0.223. The zero-order valence-electron chi connectivity index (χ0n) is 17.6. The maximum atomic E-state index is 13.1. The molecule has 1 aliphatic heterocycles. The lowest BCUT2D eigenvalue weighted by atomic mass is 9.63. The number of allylic oxidation sites excluding steroid dienone is 2. The van der Waals surface area contributed by atoms with E-state index in [1.165, 1.54) is 18.3 Å². The van der Waals surface area contributed by atoms with Crippen molar-refractivity contribution in [3.8, 4) is 5.75 Å². The van der Waals surface area contributed by atoms with E-state index < -0.39 is 4.92 Å². The van der Waals surface area contributed by atoms with E-state index >= 15 is 0 Å². The van der Waals surface area contributed by atoms with Gasteiger partial charge in [0.2, 0.25) is 0 Å². The topological polar surface area (TPSA) is 102 Å². The van der Waals surface area contributed by atoms with Gasteiger partial charge in [-0.3, -0.25) is 19.7 Å². The number of rotatable bonds is 6. The van der Waals surface area contributed by atoms with Crippen LogP contribution in [0, 0.1) is 45.6 Å². The number of amides is 2. The number of nitrogens with zero attached hydrogens (tertiary/aromatic N) is 3. The Hall–Kier alpha value is -3.81. The number of carbonyl (C=O) groups is 2. The second kappa shape index (κ2) is 7.37. The zero-order chi connectivity index (χ0) is 22.7. The van der Waals surface area contributed by atoms with Crippen LogP contribution in [0.25, 0.3) is 0 Å². The van der Waals surface area contributed by atoms with Crippen molar-refractivity contribution < 1.29 is 19.2 Å². The molecule has 0 spiro atoms. The summed E-state index contributed by atoms with van der Waals surface area (Å²) < 4.78 is 5.89. The fraction of sp³-hybridized carbons (Fsp3) is 0.320. The van der Waals surface area contributed by atoms with Gasteiger partial charge in [-0.1, -0.05) is 24.3 Å². The molecule has 2 bridgehead atoms. The van der Waals surface area contributed by atoms with Gasteiger partial charge in [0.15, 0.2) is 0 Å². The van der Waals surface area contributed by atoms with E-state index in [-0.39, 0.29) is 47.8 Å². The van der Waals surface area contributed by atoms with Crippen LogP contribution in [-0.4, -0.2) is 28.0 Å². The fourth-order valence-electron chi connectivity index (χ4n) is 5.77. The number of ether oxygens (including phenoxy) is 1. The number of carbonyl (C=O) groups excluding carboxylic acids is 2. The number of non-ortho nitro benzene ring substituents is 1. The Morgan fingerprint density at radius 1 is 1.00 bits per heavy atom. The van der Waals surface area contributed by atoms with E-state index in [0.717, 1.165) is 17.0 Å². The first-order valence-electron chi connectivity index (χ1n) is 11.1. The van der Waals surface area contributed by atoms with Gasteiger partial charge in [0.1, 0.15) is 12.4 Å². The molecule has 6 atom stereocenters. The molecule has 2 saturated carbocycles. The molecule has 5 aliphatic rings. The van der Waals surface area contributed by atoms with Crippen molar-refractivity contribution in [3.05, 3.63) is 81.9 Å². The molecule has 2 aromatic rings. The predicted octanol–water partition coefficient (Wildman–Crippen LogP) is 3.56. The van der Waals surface area contributed by atoms with Crippen LogP contribution in [0.2, 0.25) is 0 Å². The summed E-state index contributed by atoms with van der Waals surface area (Å²) >= 11 is 0. The van der Waals surface area contributed by atoms with Crippen LogP contribution in [-0.2, 0) is 16.2 Å². The minimum absolute atomic E-state index is 0.0211. The van der Waals surface area contributed by atoms with Crippen molar-refractivity contribution in [1.29, 1.82) is 0 Å². The Morgan fingerprint density at radius 3 is 2.27 bits per heavy atom. The standard InChI is InChI=1S/C25H21N3O5/c29-24-22-17-9-10-18(20-11-19(17)20)23(22)25(30)27(24)26-12-15-3-1-2-4-21(15)33-13-14-5-7-16(8-6-14)28(31)32/h1-10,12,17-20,22-23H,11,13H2/b26-12-/t17-,18-,19-,20+,22-,23+/m0/s1.